The fourth-order valence-corrected chi connectivity index (χ4v) is 2.52. The van der Waals surface area contributed by atoms with Gasteiger partial charge in [-0.2, -0.15) is 0 Å². The lowest BCUT2D eigenvalue weighted by Gasteiger charge is -2.19. The van der Waals surface area contributed by atoms with E-state index in [9.17, 15) is 4.79 Å². The van der Waals surface area contributed by atoms with Crippen LogP contribution in [-0.2, 0) is 12.0 Å². The quantitative estimate of drug-likeness (QED) is 0.690. The molecule has 0 bridgehead atoms. The van der Waals surface area contributed by atoms with Gasteiger partial charge in [0.2, 0.25) is 5.89 Å². The Balaban J connectivity index is 1.78. The van der Waals surface area contributed by atoms with Crippen molar-refractivity contribution in [3.63, 3.8) is 0 Å². The summed E-state index contributed by atoms with van der Waals surface area (Å²) in [4.78, 5) is 16.3. The van der Waals surface area contributed by atoms with Gasteiger partial charge in [-0.1, -0.05) is 44.5 Å². The molecule has 0 atom stereocenters. The van der Waals surface area contributed by atoms with Crippen LogP contribution in [0.1, 0.15) is 32.2 Å². The zero-order valence-electron chi connectivity index (χ0n) is 13.8. The molecule has 0 saturated heterocycles. The van der Waals surface area contributed by atoms with E-state index in [1.807, 2.05) is 24.3 Å². The Morgan fingerprint density at radius 3 is 2.50 bits per heavy atom. The van der Waals surface area contributed by atoms with Crippen LogP contribution in [-0.4, -0.2) is 4.98 Å². The highest BCUT2D eigenvalue weighted by Crippen LogP contribution is 2.24. The predicted molar refractivity (Wildman–Crippen MR) is 94.8 cm³/mol. The highest BCUT2D eigenvalue weighted by Gasteiger charge is 2.13. The first-order valence-corrected chi connectivity index (χ1v) is 8.03. The zero-order valence-corrected chi connectivity index (χ0v) is 14.6. The third-order valence-electron chi connectivity index (χ3n) is 3.72. The van der Waals surface area contributed by atoms with Crippen LogP contribution in [0.2, 0.25) is 5.02 Å². The Morgan fingerprint density at radius 2 is 1.83 bits per heavy atom. The van der Waals surface area contributed by atoms with Gasteiger partial charge >= 0.3 is 5.63 Å². The fraction of sp³-hybridized carbons (Fsp3) is 0.263. The van der Waals surface area contributed by atoms with Crippen LogP contribution in [0, 0.1) is 0 Å². The largest absolute Gasteiger partial charge is 0.484 e. The monoisotopic (exact) mass is 343 g/mol. The number of hydrogen-bond donors (Lipinski definition) is 0. The number of halogens is 1. The molecule has 0 amide bonds. The number of hydrogen-bond acceptors (Lipinski definition) is 4. The van der Waals surface area contributed by atoms with Crippen molar-refractivity contribution in [1.82, 2.24) is 4.98 Å². The van der Waals surface area contributed by atoms with Gasteiger partial charge in [0.25, 0.3) is 0 Å². The molecule has 0 unspecified atom stereocenters. The Bertz CT molecular complexity index is 924. The lowest BCUT2D eigenvalue weighted by molar-refractivity contribution is 0.253. The van der Waals surface area contributed by atoms with Crippen molar-refractivity contribution >= 4 is 22.5 Å². The minimum Gasteiger partial charge on any atom is -0.484 e. The molecule has 0 aliphatic carbocycles. The maximum absolute atomic E-state index is 12.0. The van der Waals surface area contributed by atoms with E-state index in [0.717, 1.165) is 0 Å². The number of aromatic nitrogens is 1. The summed E-state index contributed by atoms with van der Waals surface area (Å²) in [6, 6.07) is 12.8. The van der Waals surface area contributed by atoms with Crippen LogP contribution >= 0.6 is 11.6 Å². The van der Waals surface area contributed by atoms with E-state index in [1.165, 1.54) is 5.56 Å². The van der Waals surface area contributed by atoms with Crippen molar-refractivity contribution in [3.05, 3.63) is 69.4 Å². The van der Waals surface area contributed by atoms with E-state index in [2.05, 4.69) is 25.8 Å². The van der Waals surface area contributed by atoms with Crippen molar-refractivity contribution < 1.29 is 9.15 Å². The molecule has 1 heterocycles. The third-order valence-corrected chi connectivity index (χ3v) is 3.95. The number of nitrogens with zero attached hydrogens (tertiary/aromatic N) is 1. The molecular weight excluding hydrogens is 326 g/mol. The van der Waals surface area contributed by atoms with E-state index in [4.69, 9.17) is 20.8 Å². The molecule has 0 fully saturated rings. The summed E-state index contributed by atoms with van der Waals surface area (Å²) in [6.45, 7) is 6.55. The van der Waals surface area contributed by atoms with E-state index in [0.29, 0.717) is 21.7 Å². The van der Waals surface area contributed by atoms with Gasteiger partial charge in [-0.15, -0.1) is 0 Å². The van der Waals surface area contributed by atoms with Gasteiger partial charge in [-0.25, -0.2) is 9.78 Å². The first-order valence-electron chi connectivity index (χ1n) is 7.65. The predicted octanol–water partition coefficient (Wildman–Crippen LogP) is 4.72. The van der Waals surface area contributed by atoms with E-state index in [1.54, 1.807) is 18.2 Å². The van der Waals surface area contributed by atoms with Crippen LogP contribution < -0.4 is 10.4 Å². The summed E-state index contributed by atoms with van der Waals surface area (Å²) in [5, 5.41) is 0.834. The molecule has 1 aromatic heterocycles. The van der Waals surface area contributed by atoms with Crippen LogP contribution in [0.25, 0.3) is 10.9 Å². The summed E-state index contributed by atoms with van der Waals surface area (Å²) in [5.41, 5.74) is 1.38. The van der Waals surface area contributed by atoms with E-state index < -0.39 is 5.63 Å². The SMILES string of the molecule is CC(C)(C)c1ccc(OCc2nc3ccc(Cl)cc3c(=O)o2)cc1. The maximum Gasteiger partial charge on any atom is 0.347 e. The molecule has 3 aromatic rings. The summed E-state index contributed by atoms with van der Waals surface area (Å²) in [5.74, 6) is 0.929. The molecular formula is C19H18ClNO3. The zero-order chi connectivity index (χ0) is 17.3. The van der Waals surface area contributed by atoms with Crippen molar-refractivity contribution in [1.29, 1.82) is 0 Å². The molecule has 0 radical (unpaired) electrons. The number of fused-ring (bicyclic) bond motifs is 1. The third kappa shape index (κ3) is 3.60. The van der Waals surface area contributed by atoms with Crippen LogP contribution in [0.4, 0.5) is 0 Å². The van der Waals surface area contributed by atoms with Crippen molar-refractivity contribution in [3.8, 4) is 5.75 Å². The van der Waals surface area contributed by atoms with Crippen molar-refractivity contribution in [2.75, 3.05) is 0 Å². The smallest absolute Gasteiger partial charge is 0.347 e. The maximum atomic E-state index is 12.0. The molecule has 4 nitrogen and oxygen atoms in total. The molecule has 0 N–H and O–H groups in total. The summed E-state index contributed by atoms with van der Waals surface area (Å²) in [6.07, 6.45) is 0. The second kappa shape index (κ2) is 6.29. The molecule has 0 aliphatic heterocycles. The highest BCUT2D eigenvalue weighted by molar-refractivity contribution is 6.31. The Labute approximate surface area is 145 Å². The summed E-state index contributed by atoms with van der Waals surface area (Å²) < 4.78 is 10.9. The average molecular weight is 344 g/mol. The van der Waals surface area contributed by atoms with Crippen LogP contribution in [0.3, 0.4) is 0 Å². The molecule has 0 spiro atoms. The second-order valence-electron chi connectivity index (χ2n) is 6.62. The molecule has 5 heteroatoms. The molecule has 0 aliphatic rings. The normalized spacial score (nSPS) is 11.7. The summed E-state index contributed by atoms with van der Waals surface area (Å²) >= 11 is 5.88. The Morgan fingerprint density at radius 1 is 1.12 bits per heavy atom. The average Bonchev–Trinajstić information content (AvgIpc) is 2.53. The topological polar surface area (TPSA) is 52.3 Å². The molecule has 3 rings (SSSR count). The van der Waals surface area contributed by atoms with Gasteiger partial charge in [0.1, 0.15) is 5.75 Å². The van der Waals surface area contributed by atoms with Crippen molar-refractivity contribution in [2.45, 2.75) is 32.8 Å². The fourth-order valence-electron chi connectivity index (χ4n) is 2.35. The number of ether oxygens (including phenoxy) is 1. The lowest BCUT2D eigenvalue weighted by Crippen LogP contribution is -2.10. The van der Waals surface area contributed by atoms with Crippen LogP contribution in [0.15, 0.2) is 51.7 Å². The first-order chi connectivity index (χ1) is 11.3. The minimum absolute atomic E-state index is 0.0860. The minimum atomic E-state index is -0.468. The highest BCUT2D eigenvalue weighted by atomic mass is 35.5. The molecule has 24 heavy (non-hydrogen) atoms. The van der Waals surface area contributed by atoms with Gasteiger partial charge in [-0.05, 0) is 41.3 Å². The first kappa shape index (κ1) is 16.5. The van der Waals surface area contributed by atoms with E-state index >= 15 is 0 Å². The van der Waals surface area contributed by atoms with Gasteiger partial charge < -0.3 is 9.15 Å². The number of benzene rings is 2. The van der Waals surface area contributed by atoms with E-state index in [-0.39, 0.29) is 17.9 Å². The van der Waals surface area contributed by atoms with Gasteiger partial charge in [0.05, 0.1) is 10.9 Å². The van der Waals surface area contributed by atoms with Gasteiger partial charge in [0.15, 0.2) is 6.61 Å². The molecule has 0 saturated carbocycles. The Kier molecular flexibility index (Phi) is 4.33. The standard InChI is InChI=1S/C19H18ClNO3/c1-19(2,3)12-4-7-14(8-5-12)23-11-17-21-16-9-6-13(20)10-15(16)18(22)24-17/h4-10H,11H2,1-3H3. The van der Waals surface area contributed by atoms with Gasteiger partial charge in [0, 0.05) is 5.02 Å². The van der Waals surface area contributed by atoms with Crippen molar-refractivity contribution in [2.24, 2.45) is 0 Å². The molecule has 124 valence electrons. The number of rotatable bonds is 3. The lowest BCUT2D eigenvalue weighted by atomic mass is 9.87. The molecule has 2 aromatic carbocycles. The Hall–Kier alpha value is -2.33. The van der Waals surface area contributed by atoms with Gasteiger partial charge in [-0.3, -0.25) is 0 Å². The summed E-state index contributed by atoms with van der Waals surface area (Å²) in [7, 11) is 0. The van der Waals surface area contributed by atoms with Crippen LogP contribution in [0.5, 0.6) is 5.75 Å². The second-order valence-corrected chi connectivity index (χ2v) is 7.06.